The molecule has 2 aromatic rings. The van der Waals surface area contributed by atoms with Gasteiger partial charge in [-0.3, -0.25) is 4.79 Å². The molecule has 0 spiro atoms. The van der Waals surface area contributed by atoms with Crippen molar-refractivity contribution in [2.75, 3.05) is 22.6 Å². The molecule has 2 rings (SSSR count). The van der Waals surface area contributed by atoms with E-state index in [2.05, 4.69) is 25.9 Å². The number of amides is 1. The number of anilines is 4. The molecule has 1 amide bonds. The molecule has 0 aliphatic carbocycles. The van der Waals surface area contributed by atoms with Crippen LogP contribution in [-0.4, -0.2) is 33.6 Å². The highest BCUT2D eigenvalue weighted by Gasteiger charge is 2.25. The first-order valence-corrected chi connectivity index (χ1v) is 9.37. The number of halogens is 1. The van der Waals surface area contributed by atoms with Crippen LogP contribution >= 0.6 is 0 Å². The van der Waals surface area contributed by atoms with Crippen LogP contribution in [0, 0.1) is 11.2 Å². The van der Waals surface area contributed by atoms with Crippen molar-refractivity contribution in [3.05, 3.63) is 36.3 Å². The molecule has 0 aliphatic heterocycles. The maximum Gasteiger partial charge on any atom is 0.230 e. The predicted octanol–water partition coefficient (Wildman–Crippen LogP) is 3.92. The zero-order valence-electron chi connectivity index (χ0n) is 16.7. The van der Waals surface area contributed by atoms with Crippen LogP contribution in [0.2, 0.25) is 0 Å². The van der Waals surface area contributed by atoms with E-state index < -0.39 is 11.2 Å². The second-order valence-electron chi connectivity index (χ2n) is 7.22. The van der Waals surface area contributed by atoms with E-state index in [1.807, 2.05) is 27.7 Å². The van der Waals surface area contributed by atoms with Crippen molar-refractivity contribution in [2.24, 2.45) is 5.41 Å². The van der Waals surface area contributed by atoms with Crippen molar-refractivity contribution in [3.63, 3.8) is 0 Å². The van der Waals surface area contributed by atoms with Gasteiger partial charge in [-0.05, 0) is 31.0 Å². The van der Waals surface area contributed by atoms with Crippen molar-refractivity contribution in [1.82, 2.24) is 9.97 Å². The lowest BCUT2D eigenvalue weighted by Crippen LogP contribution is -2.29. The minimum absolute atomic E-state index is 0.0209. The van der Waals surface area contributed by atoms with E-state index in [0.717, 1.165) is 12.6 Å². The van der Waals surface area contributed by atoms with E-state index in [0.29, 0.717) is 17.8 Å². The Morgan fingerprint density at radius 1 is 1.29 bits per heavy atom. The van der Waals surface area contributed by atoms with E-state index in [1.165, 1.54) is 0 Å². The van der Waals surface area contributed by atoms with Crippen LogP contribution in [-0.2, 0) is 4.79 Å². The number of carbonyl (C=O) groups excluding carboxylic acids is 1. The average molecular weight is 389 g/mol. The number of aliphatic hydroxyl groups is 1. The van der Waals surface area contributed by atoms with Gasteiger partial charge in [-0.1, -0.05) is 33.8 Å². The summed E-state index contributed by atoms with van der Waals surface area (Å²) in [5.41, 5.74) is 0.828. The van der Waals surface area contributed by atoms with E-state index in [9.17, 15) is 14.3 Å². The van der Waals surface area contributed by atoms with Crippen molar-refractivity contribution < 1.29 is 14.3 Å². The number of nitrogens with zero attached hydrogens (tertiary/aromatic N) is 2. The van der Waals surface area contributed by atoms with Gasteiger partial charge in [0.15, 0.2) is 11.6 Å². The molecule has 0 aliphatic rings. The monoisotopic (exact) mass is 389 g/mol. The number of hydrogen-bond acceptors (Lipinski definition) is 6. The van der Waals surface area contributed by atoms with Crippen LogP contribution in [0.5, 0.6) is 0 Å². The van der Waals surface area contributed by atoms with Crippen LogP contribution in [0.25, 0.3) is 0 Å². The number of carbonyl (C=O) groups is 1. The van der Waals surface area contributed by atoms with Crippen LogP contribution in [0.15, 0.2) is 30.5 Å². The van der Waals surface area contributed by atoms with Gasteiger partial charge in [0.25, 0.3) is 0 Å². The Balaban J connectivity index is 2.15. The minimum atomic E-state index is -0.597. The molecule has 0 saturated heterocycles. The van der Waals surface area contributed by atoms with Gasteiger partial charge in [0.05, 0.1) is 18.8 Å². The zero-order chi connectivity index (χ0) is 20.7. The van der Waals surface area contributed by atoms with E-state index in [-0.39, 0.29) is 30.3 Å². The molecule has 0 radical (unpaired) electrons. The molecule has 0 bridgehead atoms. The second kappa shape index (κ2) is 9.45. The highest BCUT2D eigenvalue weighted by molar-refractivity contribution is 5.95. The van der Waals surface area contributed by atoms with Gasteiger partial charge in [-0.15, -0.1) is 0 Å². The summed E-state index contributed by atoms with van der Waals surface area (Å²) in [6.45, 7) is 7.50. The lowest BCUT2D eigenvalue weighted by molar-refractivity contribution is -0.124. The molecule has 4 N–H and O–H groups in total. The number of nitrogens with one attached hydrogen (secondary N) is 3. The van der Waals surface area contributed by atoms with Crippen molar-refractivity contribution in [3.8, 4) is 0 Å². The van der Waals surface area contributed by atoms with Crippen LogP contribution in [0.3, 0.4) is 0 Å². The number of aliphatic hydroxyl groups excluding tert-OH is 1. The number of benzene rings is 1. The van der Waals surface area contributed by atoms with Crippen molar-refractivity contribution >= 4 is 29.0 Å². The Morgan fingerprint density at radius 3 is 2.64 bits per heavy atom. The third kappa shape index (κ3) is 5.63. The highest BCUT2D eigenvalue weighted by Crippen LogP contribution is 2.24. The fourth-order valence-corrected chi connectivity index (χ4v) is 2.26. The van der Waals surface area contributed by atoms with Crippen LogP contribution in [0.4, 0.5) is 27.5 Å². The molecule has 1 aromatic heterocycles. The smallest absolute Gasteiger partial charge is 0.230 e. The molecule has 7 nitrogen and oxygen atoms in total. The van der Waals surface area contributed by atoms with E-state index in [1.54, 1.807) is 24.3 Å². The maximum atomic E-state index is 13.9. The Kier molecular flexibility index (Phi) is 7.28. The number of hydrogen-bond donors (Lipinski definition) is 4. The minimum Gasteiger partial charge on any atom is -0.394 e. The molecule has 0 unspecified atom stereocenters. The van der Waals surface area contributed by atoms with E-state index >= 15 is 0 Å². The SMILES string of the molecule is CC[C@@H](CO)Nc1nc(Nc2cccc(NC(=O)C(C)(C)CC)c2)ncc1F. The van der Waals surface area contributed by atoms with Crippen molar-refractivity contribution in [2.45, 2.75) is 46.6 Å². The van der Waals surface area contributed by atoms with Gasteiger partial charge in [0.1, 0.15) is 0 Å². The summed E-state index contributed by atoms with van der Waals surface area (Å²) in [5, 5.41) is 18.0. The maximum absolute atomic E-state index is 13.9. The standard InChI is InChI=1S/C20H28FN5O2/c1-5-13(12-27)23-17-16(21)11-22-19(26-17)25-15-9-7-8-14(10-15)24-18(28)20(3,4)6-2/h7-11,13,27H,5-6,12H2,1-4H3,(H,24,28)(H2,22,23,25,26)/t13-/m0/s1. The summed E-state index contributed by atoms with van der Waals surface area (Å²) in [6, 6.07) is 6.84. The number of rotatable bonds is 9. The summed E-state index contributed by atoms with van der Waals surface area (Å²) in [6.07, 6.45) is 2.41. The summed E-state index contributed by atoms with van der Waals surface area (Å²) >= 11 is 0. The summed E-state index contributed by atoms with van der Waals surface area (Å²) in [7, 11) is 0. The fourth-order valence-electron chi connectivity index (χ4n) is 2.26. The van der Waals surface area contributed by atoms with Crippen LogP contribution in [0.1, 0.15) is 40.5 Å². The van der Waals surface area contributed by atoms with Gasteiger partial charge in [-0.2, -0.15) is 4.98 Å². The number of aromatic nitrogens is 2. The van der Waals surface area contributed by atoms with E-state index in [4.69, 9.17) is 0 Å². The van der Waals surface area contributed by atoms with Gasteiger partial charge < -0.3 is 21.1 Å². The first-order valence-electron chi connectivity index (χ1n) is 9.37. The molecular formula is C20H28FN5O2. The Hall–Kier alpha value is -2.74. The quantitative estimate of drug-likeness (QED) is 0.519. The lowest BCUT2D eigenvalue weighted by Gasteiger charge is -2.21. The molecular weight excluding hydrogens is 361 g/mol. The summed E-state index contributed by atoms with van der Waals surface area (Å²) in [5.74, 6) is -0.437. The Morgan fingerprint density at radius 2 is 2.00 bits per heavy atom. The van der Waals surface area contributed by atoms with Gasteiger partial charge in [-0.25, -0.2) is 9.37 Å². The van der Waals surface area contributed by atoms with Crippen molar-refractivity contribution in [1.29, 1.82) is 0 Å². The van der Waals surface area contributed by atoms with Gasteiger partial charge in [0.2, 0.25) is 11.9 Å². The fraction of sp³-hybridized carbons (Fsp3) is 0.450. The third-order valence-corrected chi connectivity index (χ3v) is 4.67. The molecule has 1 aromatic carbocycles. The van der Waals surface area contributed by atoms with Gasteiger partial charge >= 0.3 is 0 Å². The zero-order valence-corrected chi connectivity index (χ0v) is 16.7. The highest BCUT2D eigenvalue weighted by atomic mass is 19.1. The first-order chi connectivity index (χ1) is 13.3. The lowest BCUT2D eigenvalue weighted by atomic mass is 9.89. The normalized spacial score (nSPS) is 12.4. The molecule has 152 valence electrons. The Bertz CT molecular complexity index is 809. The Labute approximate surface area is 164 Å². The molecule has 1 heterocycles. The molecule has 0 saturated carbocycles. The average Bonchev–Trinajstić information content (AvgIpc) is 2.68. The summed E-state index contributed by atoms with van der Waals surface area (Å²) in [4.78, 5) is 20.4. The molecule has 0 fully saturated rings. The topological polar surface area (TPSA) is 99.2 Å². The molecule has 8 heteroatoms. The summed E-state index contributed by atoms with van der Waals surface area (Å²) < 4.78 is 13.9. The molecule has 28 heavy (non-hydrogen) atoms. The third-order valence-electron chi connectivity index (χ3n) is 4.67. The van der Waals surface area contributed by atoms with Crippen LogP contribution < -0.4 is 16.0 Å². The van der Waals surface area contributed by atoms with Gasteiger partial charge in [0, 0.05) is 16.8 Å². The predicted molar refractivity (Wildman–Crippen MR) is 109 cm³/mol. The molecule has 1 atom stereocenters. The first kappa shape index (κ1) is 21.6. The largest absolute Gasteiger partial charge is 0.394 e. The second-order valence-corrected chi connectivity index (χ2v) is 7.22.